The van der Waals surface area contributed by atoms with Gasteiger partial charge in [-0.1, -0.05) is 12.1 Å². The van der Waals surface area contributed by atoms with Gasteiger partial charge in [0.15, 0.2) is 26.5 Å². The first-order chi connectivity index (χ1) is 16.7. The van der Waals surface area contributed by atoms with Crippen molar-refractivity contribution in [3.63, 3.8) is 0 Å². The number of hydrogen-bond donors (Lipinski definition) is 1. The molecule has 0 unspecified atom stereocenters. The predicted molar refractivity (Wildman–Crippen MR) is 130 cm³/mol. The Morgan fingerprint density at radius 1 is 1.14 bits per heavy atom. The number of amides is 1. The zero-order valence-electron chi connectivity index (χ0n) is 18.8. The molecule has 3 heterocycles. The molecule has 3 aromatic heterocycles. The summed E-state index contributed by atoms with van der Waals surface area (Å²) in [5.41, 5.74) is 8.15. The van der Waals surface area contributed by atoms with Gasteiger partial charge in [-0.2, -0.15) is 0 Å². The average molecular weight is 492 g/mol. The van der Waals surface area contributed by atoms with E-state index in [1.807, 2.05) is 6.07 Å². The zero-order chi connectivity index (χ0) is 24.7. The molecule has 0 radical (unpaired) electrons. The summed E-state index contributed by atoms with van der Waals surface area (Å²) in [4.78, 5) is 27.6. The molecule has 0 atom stereocenters. The Hall–Kier alpha value is -3.92. The van der Waals surface area contributed by atoms with Crippen LogP contribution in [-0.4, -0.2) is 35.5 Å². The number of halogens is 1. The highest BCUT2D eigenvalue weighted by molar-refractivity contribution is 7.90. The lowest BCUT2D eigenvalue weighted by molar-refractivity contribution is 0.0984. The van der Waals surface area contributed by atoms with Crippen LogP contribution in [0.4, 0.5) is 15.9 Å². The molecule has 178 valence electrons. The molecule has 1 aromatic carbocycles. The van der Waals surface area contributed by atoms with Crippen molar-refractivity contribution in [1.29, 1.82) is 0 Å². The van der Waals surface area contributed by atoms with Crippen molar-refractivity contribution in [2.75, 3.05) is 16.9 Å². The summed E-state index contributed by atoms with van der Waals surface area (Å²) in [6, 6.07) is 13.0. The molecule has 1 fully saturated rings. The normalized spacial score (nSPS) is 13.7. The van der Waals surface area contributed by atoms with Crippen molar-refractivity contribution in [3.8, 4) is 0 Å². The molecule has 8 nitrogen and oxygen atoms in total. The third kappa shape index (κ3) is 4.69. The molecule has 2 N–H and O–H groups in total. The molecular formula is C25H22FN5O3S. The van der Waals surface area contributed by atoms with Gasteiger partial charge in [0.2, 0.25) is 0 Å². The fourth-order valence-electron chi connectivity index (χ4n) is 3.93. The quantitative estimate of drug-likeness (QED) is 0.435. The summed E-state index contributed by atoms with van der Waals surface area (Å²) in [5.74, 6) is -0.828. The number of fused-ring (bicyclic) bond motifs is 1. The van der Waals surface area contributed by atoms with Crippen LogP contribution in [-0.2, 0) is 16.4 Å². The minimum absolute atomic E-state index is 0.0202. The third-order valence-electron chi connectivity index (χ3n) is 5.87. The second kappa shape index (κ2) is 8.70. The first-order valence-electron chi connectivity index (χ1n) is 11.0. The fourth-order valence-corrected chi connectivity index (χ4v) is 4.74. The summed E-state index contributed by atoms with van der Waals surface area (Å²) in [5, 5.41) is 0.345. The van der Waals surface area contributed by atoms with Gasteiger partial charge in [0.1, 0.15) is 0 Å². The lowest BCUT2D eigenvalue weighted by atomic mass is 10.1. The second-order valence-electron chi connectivity index (χ2n) is 8.62. The van der Waals surface area contributed by atoms with Gasteiger partial charge in [0, 0.05) is 35.6 Å². The number of carbonyl (C=O) groups excluding carboxylic acids is 1. The number of carbonyl (C=O) groups is 1. The van der Waals surface area contributed by atoms with E-state index < -0.39 is 21.6 Å². The highest BCUT2D eigenvalue weighted by Gasteiger charge is 2.28. The Labute approximate surface area is 201 Å². The molecule has 1 aliphatic carbocycles. The lowest BCUT2D eigenvalue weighted by Gasteiger charge is -2.24. The summed E-state index contributed by atoms with van der Waals surface area (Å²) in [6.07, 6.45) is 6.11. The van der Waals surface area contributed by atoms with Crippen molar-refractivity contribution in [3.05, 3.63) is 83.6 Å². The number of hydrogen-bond acceptors (Lipinski definition) is 7. The Balaban J connectivity index is 1.58. The topological polar surface area (TPSA) is 119 Å². The molecular weight excluding hydrogens is 469 g/mol. The molecule has 0 aliphatic heterocycles. The number of benzene rings is 1. The van der Waals surface area contributed by atoms with Crippen LogP contribution in [0.15, 0.2) is 66.0 Å². The van der Waals surface area contributed by atoms with Gasteiger partial charge >= 0.3 is 0 Å². The van der Waals surface area contributed by atoms with Gasteiger partial charge in [-0.25, -0.2) is 22.8 Å². The highest BCUT2D eigenvalue weighted by atomic mass is 32.2. The fraction of sp³-hybridized carbons (Fsp3) is 0.200. The summed E-state index contributed by atoms with van der Waals surface area (Å²) in [7, 11) is -3.73. The zero-order valence-corrected chi connectivity index (χ0v) is 19.7. The molecule has 10 heteroatoms. The van der Waals surface area contributed by atoms with E-state index in [0.717, 1.165) is 24.8 Å². The van der Waals surface area contributed by atoms with Crippen LogP contribution in [0.2, 0.25) is 0 Å². The Bertz CT molecular complexity index is 1550. The number of sulfone groups is 1. The summed E-state index contributed by atoms with van der Waals surface area (Å²) >= 11 is 0. The van der Waals surface area contributed by atoms with Crippen LogP contribution in [0, 0.1) is 5.82 Å². The smallest absolute Gasteiger partial charge is 0.260 e. The van der Waals surface area contributed by atoms with Gasteiger partial charge in [0.05, 0.1) is 23.3 Å². The standard InChI is InChI=1S/C25H22FN5O3S/c1-35(33,34)24-22(3-2-10-28-24)31(25(32)18-8-9-20(29-13-18)16-6-7-16)14-15-4-5-17-12-19(26)23(27)30-21(17)11-15/h2-5,8-13,16H,6-7,14H2,1H3,(H2,27,30). The molecule has 0 saturated heterocycles. The number of nitrogen functional groups attached to an aromatic ring is 1. The summed E-state index contributed by atoms with van der Waals surface area (Å²) < 4.78 is 38.7. The van der Waals surface area contributed by atoms with E-state index in [1.165, 1.54) is 23.4 Å². The number of anilines is 2. The van der Waals surface area contributed by atoms with Gasteiger partial charge in [-0.05, 0) is 54.8 Å². The van der Waals surface area contributed by atoms with Crippen molar-refractivity contribution in [1.82, 2.24) is 15.0 Å². The Kier molecular flexibility index (Phi) is 5.68. The molecule has 0 spiro atoms. The second-order valence-corrected chi connectivity index (χ2v) is 10.6. The minimum atomic E-state index is -3.73. The van der Waals surface area contributed by atoms with Crippen molar-refractivity contribution in [2.24, 2.45) is 0 Å². The number of nitrogens with two attached hydrogens (primary N) is 1. The number of rotatable bonds is 6. The van der Waals surface area contributed by atoms with E-state index in [4.69, 9.17) is 5.73 Å². The van der Waals surface area contributed by atoms with Crippen LogP contribution in [0.3, 0.4) is 0 Å². The molecule has 1 saturated carbocycles. The predicted octanol–water partition coefficient (Wildman–Crippen LogP) is 3.87. The van der Waals surface area contributed by atoms with Gasteiger partial charge < -0.3 is 10.6 Å². The first kappa shape index (κ1) is 22.9. The maximum Gasteiger partial charge on any atom is 0.260 e. The Morgan fingerprint density at radius 3 is 2.63 bits per heavy atom. The monoisotopic (exact) mass is 491 g/mol. The van der Waals surface area contributed by atoms with E-state index in [1.54, 1.807) is 36.4 Å². The van der Waals surface area contributed by atoms with Crippen LogP contribution in [0.5, 0.6) is 0 Å². The first-order valence-corrected chi connectivity index (χ1v) is 12.9. The molecule has 35 heavy (non-hydrogen) atoms. The Morgan fingerprint density at radius 2 is 1.94 bits per heavy atom. The van der Waals surface area contributed by atoms with E-state index in [2.05, 4.69) is 15.0 Å². The van der Waals surface area contributed by atoms with E-state index >= 15 is 0 Å². The van der Waals surface area contributed by atoms with Crippen molar-refractivity contribution < 1.29 is 17.6 Å². The maximum absolute atomic E-state index is 13.8. The van der Waals surface area contributed by atoms with Crippen LogP contribution in [0.25, 0.3) is 10.9 Å². The largest absolute Gasteiger partial charge is 0.381 e. The SMILES string of the molecule is CS(=O)(=O)c1ncccc1N(Cc1ccc2cc(F)c(N)nc2c1)C(=O)c1ccc(C2CC2)nc1. The van der Waals surface area contributed by atoms with Crippen molar-refractivity contribution in [2.45, 2.75) is 30.3 Å². The maximum atomic E-state index is 13.8. The number of nitrogens with zero attached hydrogens (tertiary/aromatic N) is 4. The molecule has 1 amide bonds. The molecule has 0 bridgehead atoms. The minimum Gasteiger partial charge on any atom is -0.381 e. The molecule has 5 rings (SSSR count). The van der Waals surface area contributed by atoms with Gasteiger partial charge in [-0.3, -0.25) is 9.78 Å². The van der Waals surface area contributed by atoms with Crippen LogP contribution < -0.4 is 10.6 Å². The van der Waals surface area contributed by atoms with E-state index in [0.29, 0.717) is 27.9 Å². The molecule has 4 aromatic rings. The van der Waals surface area contributed by atoms with E-state index in [9.17, 15) is 17.6 Å². The van der Waals surface area contributed by atoms with Crippen molar-refractivity contribution >= 4 is 38.2 Å². The molecule has 1 aliphatic rings. The highest BCUT2D eigenvalue weighted by Crippen LogP contribution is 2.38. The number of aromatic nitrogens is 3. The van der Waals surface area contributed by atoms with E-state index in [-0.39, 0.29) is 23.1 Å². The van der Waals surface area contributed by atoms with Gasteiger partial charge in [-0.15, -0.1) is 0 Å². The number of pyridine rings is 3. The van der Waals surface area contributed by atoms with Crippen LogP contribution in [0.1, 0.15) is 40.4 Å². The van der Waals surface area contributed by atoms with Crippen LogP contribution >= 0.6 is 0 Å². The van der Waals surface area contributed by atoms with Gasteiger partial charge in [0.25, 0.3) is 5.91 Å². The third-order valence-corrected chi connectivity index (χ3v) is 6.89. The lowest BCUT2D eigenvalue weighted by Crippen LogP contribution is -2.32. The average Bonchev–Trinajstić information content (AvgIpc) is 3.68. The summed E-state index contributed by atoms with van der Waals surface area (Å²) in [6.45, 7) is 0.0202.